The van der Waals surface area contributed by atoms with Crippen LogP contribution in [0.4, 0.5) is 13.2 Å². The van der Waals surface area contributed by atoms with Crippen LogP contribution in [-0.4, -0.2) is 56.1 Å². The average Bonchev–Trinajstić information content (AvgIpc) is 2.33. The Morgan fingerprint density at radius 3 is 2.58 bits per heavy atom. The monoisotopic (exact) mass is 281 g/mol. The van der Waals surface area contributed by atoms with Crippen LogP contribution in [0.25, 0.3) is 0 Å². The Labute approximate surface area is 109 Å². The number of hydrogen-bond donors (Lipinski definition) is 2. The number of rotatable bonds is 4. The Balaban J connectivity index is 2.58. The second-order valence-corrected chi connectivity index (χ2v) is 4.60. The average molecular weight is 281 g/mol. The fourth-order valence-corrected chi connectivity index (χ4v) is 1.95. The Morgan fingerprint density at radius 1 is 1.47 bits per heavy atom. The molecule has 0 aromatic carbocycles. The minimum atomic E-state index is -4.46. The maximum absolute atomic E-state index is 12.4. The molecule has 2 atom stereocenters. The van der Waals surface area contributed by atoms with Crippen molar-refractivity contribution in [3.63, 3.8) is 0 Å². The van der Waals surface area contributed by atoms with Crippen molar-refractivity contribution in [1.29, 1.82) is 0 Å². The zero-order chi connectivity index (χ0) is 14.6. The summed E-state index contributed by atoms with van der Waals surface area (Å²) in [6, 6.07) is -1.84. The van der Waals surface area contributed by atoms with Crippen molar-refractivity contribution >= 4 is 11.8 Å². The smallest absolute Gasteiger partial charge is 0.344 e. The molecule has 19 heavy (non-hydrogen) atoms. The van der Waals surface area contributed by atoms with E-state index in [2.05, 4.69) is 5.32 Å². The molecule has 0 aliphatic carbocycles. The molecular formula is C11H18F3N3O2. The van der Waals surface area contributed by atoms with Crippen LogP contribution in [0.2, 0.25) is 0 Å². The van der Waals surface area contributed by atoms with Gasteiger partial charge in [0, 0.05) is 20.1 Å². The third-order valence-corrected chi connectivity index (χ3v) is 3.14. The van der Waals surface area contributed by atoms with E-state index in [0.29, 0.717) is 13.1 Å². The predicted molar refractivity (Wildman–Crippen MR) is 62.3 cm³/mol. The molecule has 1 fully saturated rings. The molecule has 8 heteroatoms. The summed E-state index contributed by atoms with van der Waals surface area (Å²) in [7, 11) is 3.25. The fraction of sp³-hybridized carbons (Fsp3) is 0.818. The largest absolute Gasteiger partial charge is 0.408 e. The zero-order valence-corrected chi connectivity index (χ0v) is 10.9. The molecule has 2 amide bonds. The number of halogens is 3. The molecule has 0 aromatic heterocycles. The molecule has 110 valence electrons. The predicted octanol–water partition coefficient (Wildman–Crippen LogP) is 0.121. The lowest BCUT2D eigenvalue weighted by Crippen LogP contribution is -2.54. The molecule has 1 saturated heterocycles. The Bertz CT molecular complexity index is 347. The van der Waals surface area contributed by atoms with Crippen molar-refractivity contribution in [3.8, 4) is 0 Å². The van der Waals surface area contributed by atoms with Crippen LogP contribution in [0, 0.1) is 5.92 Å². The van der Waals surface area contributed by atoms with Gasteiger partial charge in [-0.05, 0) is 19.9 Å². The highest BCUT2D eigenvalue weighted by Crippen LogP contribution is 2.28. The van der Waals surface area contributed by atoms with Crippen LogP contribution in [-0.2, 0) is 9.59 Å². The molecule has 5 nitrogen and oxygen atoms in total. The van der Waals surface area contributed by atoms with Gasteiger partial charge in [-0.3, -0.25) is 9.59 Å². The summed E-state index contributed by atoms with van der Waals surface area (Å²) in [5.41, 5.74) is 0. The number of carbonyl (C=O) groups is 2. The first-order valence-corrected chi connectivity index (χ1v) is 6.04. The third kappa shape index (κ3) is 4.09. The van der Waals surface area contributed by atoms with Gasteiger partial charge < -0.3 is 15.5 Å². The van der Waals surface area contributed by atoms with Gasteiger partial charge in [0.25, 0.3) is 0 Å². The van der Waals surface area contributed by atoms with Crippen molar-refractivity contribution in [1.82, 2.24) is 15.5 Å². The molecule has 0 bridgehead atoms. The van der Waals surface area contributed by atoms with Gasteiger partial charge in [0.2, 0.25) is 11.8 Å². The van der Waals surface area contributed by atoms with E-state index in [1.54, 1.807) is 7.05 Å². The van der Waals surface area contributed by atoms with E-state index in [-0.39, 0.29) is 12.8 Å². The first kappa shape index (κ1) is 15.7. The standard InChI is InChI=1S/C11H18F3N3O2/c1-15-5-6-17(2)10(19)7-3-4-8(11(12,13)14)16-9(7)18/h7-8,15H,3-6H2,1-2H3,(H,16,18). The van der Waals surface area contributed by atoms with Crippen molar-refractivity contribution in [2.75, 3.05) is 27.2 Å². The first-order chi connectivity index (χ1) is 8.77. The molecule has 1 heterocycles. The van der Waals surface area contributed by atoms with E-state index < -0.39 is 30.0 Å². The molecule has 2 unspecified atom stereocenters. The number of nitrogens with zero attached hydrogens (tertiary/aromatic N) is 1. The Hall–Kier alpha value is -1.31. The van der Waals surface area contributed by atoms with Gasteiger partial charge in [0.1, 0.15) is 12.0 Å². The van der Waals surface area contributed by atoms with Crippen LogP contribution in [0.1, 0.15) is 12.8 Å². The minimum absolute atomic E-state index is 0.0707. The van der Waals surface area contributed by atoms with Crippen LogP contribution >= 0.6 is 0 Å². The van der Waals surface area contributed by atoms with E-state index in [0.717, 1.165) is 0 Å². The van der Waals surface area contributed by atoms with E-state index >= 15 is 0 Å². The van der Waals surface area contributed by atoms with E-state index in [1.165, 1.54) is 11.9 Å². The number of amides is 2. The van der Waals surface area contributed by atoms with E-state index in [1.807, 2.05) is 5.32 Å². The molecule has 0 radical (unpaired) electrons. The number of piperidine rings is 1. The third-order valence-electron chi connectivity index (χ3n) is 3.14. The quantitative estimate of drug-likeness (QED) is 0.720. The topological polar surface area (TPSA) is 61.4 Å². The van der Waals surface area contributed by atoms with Crippen LogP contribution in [0.5, 0.6) is 0 Å². The van der Waals surface area contributed by atoms with Gasteiger partial charge >= 0.3 is 6.18 Å². The second kappa shape index (κ2) is 6.23. The minimum Gasteiger partial charge on any atom is -0.344 e. The Morgan fingerprint density at radius 2 is 2.11 bits per heavy atom. The SMILES string of the molecule is CNCCN(C)C(=O)C1CCC(C(F)(F)F)NC1=O. The second-order valence-electron chi connectivity index (χ2n) is 4.60. The molecular weight excluding hydrogens is 263 g/mol. The maximum Gasteiger partial charge on any atom is 0.408 e. The number of nitrogens with one attached hydrogen (secondary N) is 2. The highest BCUT2D eigenvalue weighted by molar-refractivity contribution is 6.00. The van der Waals surface area contributed by atoms with Gasteiger partial charge in [-0.15, -0.1) is 0 Å². The summed E-state index contributed by atoms with van der Waals surface area (Å²) in [5, 5.41) is 4.72. The summed E-state index contributed by atoms with van der Waals surface area (Å²) in [5.74, 6) is -2.29. The number of carbonyl (C=O) groups excluding carboxylic acids is 2. The molecule has 0 aromatic rings. The summed E-state index contributed by atoms with van der Waals surface area (Å²) in [6.07, 6.45) is -4.79. The highest BCUT2D eigenvalue weighted by atomic mass is 19.4. The van der Waals surface area contributed by atoms with E-state index in [9.17, 15) is 22.8 Å². The molecule has 2 N–H and O–H groups in total. The lowest BCUT2D eigenvalue weighted by molar-refractivity contribution is -0.172. The Kier molecular flexibility index (Phi) is 5.16. The summed E-state index contributed by atoms with van der Waals surface area (Å²) < 4.78 is 37.3. The molecule has 0 spiro atoms. The molecule has 1 aliphatic heterocycles. The number of likely N-dealkylation sites (N-methyl/N-ethyl adjacent to an activating group) is 2. The van der Waals surface area contributed by atoms with Gasteiger partial charge in [-0.2, -0.15) is 13.2 Å². The summed E-state index contributed by atoms with van der Waals surface area (Å²) in [6.45, 7) is 0.962. The summed E-state index contributed by atoms with van der Waals surface area (Å²) in [4.78, 5) is 24.9. The van der Waals surface area contributed by atoms with Crippen molar-refractivity contribution in [2.45, 2.75) is 25.1 Å². The normalized spacial score (nSPS) is 23.9. The van der Waals surface area contributed by atoms with Crippen LogP contribution < -0.4 is 10.6 Å². The maximum atomic E-state index is 12.4. The van der Waals surface area contributed by atoms with Gasteiger partial charge in [-0.1, -0.05) is 0 Å². The zero-order valence-electron chi connectivity index (χ0n) is 10.9. The van der Waals surface area contributed by atoms with Gasteiger partial charge in [-0.25, -0.2) is 0 Å². The van der Waals surface area contributed by atoms with Crippen molar-refractivity contribution in [2.24, 2.45) is 5.92 Å². The van der Waals surface area contributed by atoms with Gasteiger partial charge in [0.15, 0.2) is 0 Å². The highest BCUT2D eigenvalue weighted by Gasteiger charge is 2.46. The number of hydrogen-bond acceptors (Lipinski definition) is 3. The van der Waals surface area contributed by atoms with Crippen LogP contribution in [0.15, 0.2) is 0 Å². The number of alkyl halides is 3. The van der Waals surface area contributed by atoms with E-state index in [4.69, 9.17) is 0 Å². The summed E-state index contributed by atoms with van der Waals surface area (Å²) >= 11 is 0. The van der Waals surface area contributed by atoms with Gasteiger partial charge in [0.05, 0.1) is 0 Å². The molecule has 1 aliphatic rings. The fourth-order valence-electron chi connectivity index (χ4n) is 1.95. The van der Waals surface area contributed by atoms with Crippen molar-refractivity contribution in [3.05, 3.63) is 0 Å². The molecule has 1 rings (SSSR count). The van der Waals surface area contributed by atoms with Crippen molar-refractivity contribution < 1.29 is 22.8 Å². The first-order valence-electron chi connectivity index (χ1n) is 6.04. The van der Waals surface area contributed by atoms with Crippen LogP contribution in [0.3, 0.4) is 0 Å². The lowest BCUT2D eigenvalue weighted by Gasteiger charge is -2.31. The lowest BCUT2D eigenvalue weighted by atomic mass is 9.92. The molecule has 0 saturated carbocycles.